The van der Waals surface area contributed by atoms with Crippen LogP contribution in [0.5, 0.6) is 0 Å². The Kier molecular flexibility index (Phi) is 2.06. The predicted molar refractivity (Wildman–Crippen MR) is 43.1 cm³/mol. The Morgan fingerprint density at radius 1 is 1.50 bits per heavy atom. The fourth-order valence-electron chi connectivity index (χ4n) is 0.555. The summed E-state index contributed by atoms with van der Waals surface area (Å²) in [5.74, 6) is -0.499. The fraction of sp³-hybridized carbons (Fsp3) is 0. The highest BCUT2D eigenvalue weighted by atomic mass is 35.5. The molecule has 0 saturated carbocycles. The molecule has 4 heteroatoms. The molecule has 0 aliphatic heterocycles. The van der Waals surface area contributed by atoms with Crippen LogP contribution in [0.1, 0.15) is 0 Å². The number of hydrogen-bond donors (Lipinski definition) is 2. The Labute approximate surface area is 68.4 Å². The minimum Gasteiger partial charge on any atom is -0.398 e. The molecular weight excluding hydrogens is 173 g/mol. The molecule has 0 aliphatic carbocycles. The maximum absolute atomic E-state index is 12.5. The van der Waals surface area contributed by atoms with Gasteiger partial charge in [0.05, 0.1) is 5.02 Å². The van der Waals surface area contributed by atoms with E-state index >= 15 is 0 Å². The summed E-state index contributed by atoms with van der Waals surface area (Å²) in [4.78, 5) is 0.293. The van der Waals surface area contributed by atoms with Gasteiger partial charge in [0, 0.05) is 10.6 Å². The van der Waals surface area contributed by atoms with Crippen molar-refractivity contribution in [2.45, 2.75) is 4.90 Å². The lowest BCUT2D eigenvalue weighted by atomic mass is 10.3. The van der Waals surface area contributed by atoms with Crippen LogP contribution in [0.25, 0.3) is 0 Å². The first kappa shape index (κ1) is 7.69. The van der Waals surface area contributed by atoms with Crippen molar-refractivity contribution in [3.05, 3.63) is 23.0 Å². The van der Waals surface area contributed by atoms with E-state index in [4.69, 9.17) is 17.3 Å². The van der Waals surface area contributed by atoms with Crippen molar-refractivity contribution < 1.29 is 4.39 Å². The number of rotatable bonds is 0. The number of halogens is 2. The summed E-state index contributed by atoms with van der Waals surface area (Å²) in [6.45, 7) is 0. The van der Waals surface area contributed by atoms with Gasteiger partial charge in [-0.2, -0.15) is 0 Å². The molecule has 10 heavy (non-hydrogen) atoms. The zero-order valence-corrected chi connectivity index (χ0v) is 6.59. The maximum Gasteiger partial charge on any atom is 0.143 e. The molecule has 2 N–H and O–H groups in total. The van der Waals surface area contributed by atoms with E-state index < -0.39 is 5.82 Å². The van der Waals surface area contributed by atoms with Gasteiger partial charge in [0.1, 0.15) is 5.82 Å². The third-order valence-corrected chi connectivity index (χ3v) is 2.08. The van der Waals surface area contributed by atoms with E-state index in [2.05, 4.69) is 12.6 Å². The molecule has 0 aliphatic rings. The Morgan fingerprint density at radius 2 is 2.10 bits per heavy atom. The van der Waals surface area contributed by atoms with Gasteiger partial charge in [-0.25, -0.2) is 4.39 Å². The lowest BCUT2D eigenvalue weighted by molar-refractivity contribution is 0.625. The zero-order valence-electron chi connectivity index (χ0n) is 4.94. The number of nitrogens with two attached hydrogens (primary N) is 1. The summed E-state index contributed by atoms with van der Waals surface area (Å²) in [6.07, 6.45) is 0. The quantitative estimate of drug-likeness (QED) is 0.462. The van der Waals surface area contributed by atoms with E-state index in [9.17, 15) is 4.39 Å². The summed E-state index contributed by atoms with van der Waals surface area (Å²) in [5, 5.41) is -0.0247. The van der Waals surface area contributed by atoms with Crippen molar-refractivity contribution in [3.8, 4) is 0 Å². The average Bonchev–Trinajstić information content (AvgIpc) is 1.93. The lowest BCUT2D eigenvalue weighted by Crippen LogP contribution is -1.88. The maximum atomic E-state index is 12.5. The van der Waals surface area contributed by atoms with Crippen LogP contribution in [-0.2, 0) is 0 Å². The molecular formula is C6H5ClFNS. The highest BCUT2D eigenvalue weighted by Crippen LogP contribution is 2.27. The van der Waals surface area contributed by atoms with Gasteiger partial charge >= 0.3 is 0 Å². The first-order valence-corrected chi connectivity index (χ1v) is 3.38. The Morgan fingerprint density at radius 3 is 2.60 bits per heavy atom. The molecule has 0 atom stereocenters. The standard InChI is InChI=1S/C6H5ClFNS/c7-5-3(8)1-2-4(9)6(5)10/h1-2,10H,9H2. The molecule has 1 nitrogen and oxygen atoms in total. The van der Waals surface area contributed by atoms with E-state index in [-0.39, 0.29) is 5.02 Å². The van der Waals surface area contributed by atoms with E-state index in [0.29, 0.717) is 10.6 Å². The molecule has 0 spiro atoms. The molecule has 0 heterocycles. The van der Waals surface area contributed by atoms with Crippen LogP contribution < -0.4 is 5.73 Å². The zero-order chi connectivity index (χ0) is 7.72. The van der Waals surface area contributed by atoms with Crippen LogP contribution >= 0.6 is 24.2 Å². The molecule has 0 bridgehead atoms. The molecule has 1 aromatic carbocycles. The SMILES string of the molecule is Nc1ccc(F)c(Cl)c1S. The first-order valence-electron chi connectivity index (χ1n) is 2.55. The van der Waals surface area contributed by atoms with Gasteiger partial charge in [0.15, 0.2) is 0 Å². The van der Waals surface area contributed by atoms with Crippen molar-refractivity contribution >= 4 is 29.9 Å². The van der Waals surface area contributed by atoms with Gasteiger partial charge in [-0.15, -0.1) is 12.6 Å². The Hall–Kier alpha value is -0.410. The molecule has 1 rings (SSSR count). The predicted octanol–water partition coefficient (Wildman–Crippen LogP) is 2.35. The Balaban J connectivity index is 3.34. The summed E-state index contributed by atoms with van der Waals surface area (Å²) < 4.78 is 12.5. The molecule has 0 radical (unpaired) electrons. The van der Waals surface area contributed by atoms with Gasteiger partial charge in [-0.05, 0) is 12.1 Å². The van der Waals surface area contributed by atoms with E-state index in [1.807, 2.05) is 0 Å². The smallest absolute Gasteiger partial charge is 0.143 e. The topological polar surface area (TPSA) is 26.0 Å². The number of anilines is 1. The normalized spacial score (nSPS) is 9.90. The first-order chi connectivity index (χ1) is 4.63. The van der Waals surface area contributed by atoms with Crippen molar-refractivity contribution in [1.29, 1.82) is 0 Å². The summed E-state index contributed by atoms with van der Waals surface area (Å²) in [6, 6.07) is 2.63. The van der Waals surface area contributed by atoms with Crippen molar-refractivity contribution in [2.75, 3.05) is 5.73 Å². The average molecular weight is 178 g/mol. The lowest BCUT2D eigenvalue weighted by Gasteiger charge is -2.00. The van der Waals surface area contributed by atoms with Crippen LogP contribution in [0.2, 0.25) is 5.02 Å². The second-order valence-electron chi connectivity index (χ2n) is 1.80. The van der Waals surface area contributed by atoms with E-state index in [0.717, 1.165) is 0 Å². The second kappa shape index (κ2) is 2.68. The molecule has 0 fully saturated rings. The number of thiol groups is 1. The third kappa shape index (κ3) is 1.20. The molecule has 1 aromatic rings. The number of hydrogen-bond acceptors (Lipinski definition) is 2. The van der Waals surface area contributed by atoms with Gasteiger partial charge in [0.25, 0.3) is 0 Å². The van der Waals surface area contributed by atoms with Crippen molar-refractivity contribution in [1.82, 2.24) is 0 Å². The van der Waals surface area contributed by atoms with Gasteiger partial charge < -0.3 is 5.73 Å². The fourth-order valence-corrected chi connectivity index (χ4v) is 0.908. The van der Waals surface area contributed by atoms with E-state index in [1.165, 1.54) is 12.1 Å². The minimum absolute atomic E-state index is 0.0247. The summed E-state index contributed by atoms with van der Waals surface area (Å²) >= 11 is 9.34. The molecule has 0 unspecified atom stereocenters. The van der Waals surface area contributed by atoms with Gasteiger partial charge in [0.2, 0.25) is 0 Å². The van der Waals surface area contributed by atoms with Crippen LogP contribution in [0.15, 0.2) is 17.0 Å². The largest absolute Gasteiger partial charge is 0.398 e. The highest BCUT2D eigenvalue weighted by Gasteiger charge is 2.04. The summed E-state index contributed by atoms with van der Waals surface area (Å²) in [5.41, 5.74) is 5.75. The van der Waals surface area contributed by atoms with Crippen LogP contribution in [0.4, 0.5) is 10.1 Å². The minimum atomic E-state index is -0.499. The second-order valence-corrected chi connectivity index (χ2v) is 2.62. The van der Waals surface area contributed by atoms with Crippen LogP contribution in [-0.4, -0.2) is 0 Å². The van der Waals surface area contributed by atoms with Crippen LogP contribution in [0.3, 0.4) is 0 Å². The third-order valence-electron chi connectivity index (χ3n) is 1.10. The molecule has 54 valence electrons. The van der Waals surface area contributed by atoms with Gasteiger partial charge in [-0.1, -0.05) is 11.6 Å². The van der Waals surface area contributed by atoms with Crippen molar-refractivity contribution in [3.63, 3.8) is 0 Å². The van der Waals surface area contributed by atoms with Gasteiger partial charge in [-0.3, -0.25) is 0 Å². The monoisotopic (exact) mass is 177 g/mol. The Bertz CT molecular complexity index is 237. The molecule has 0 saturated heterocycles. The summed E-state index contributed by atoms with van der Waals surface area (Å²) in [7, 11) is 0. The van der Waals surface area contributed by atoms with Crippen LogP contribution in [0, 0.1) is 5.82 Å². The molecule has 0 amide bonds. The van der Waals surface area contributed by atoms with Crippen molar-refractivity contribution in [2.24, 2.45) is 0 Å². The molecule has 0 aromatic heterocycles. The van der Waals surface area contributed by atoms with E-state index in [1.54, 1.807) is 0 Å². The number of nitrogen functional groups attached to an aromatic ring is 1. The number of benzene rings is 1. The highest BCUT2D eigenvalue weighted by molar-refractivity contribution is 7.80.